The number of benzene rings is 8. The number of rotatable bonds is 3. The number of aromatic nitrogens is 1. The maximum atomic E-state index is 6.73. The number of nitrogens with zero attached hydrogens (tertiary/aromatic N) is 2. The summed E-state index contributed by atoms with van der Waals surface area (Å²) in [4.78, 5) is 5.60. The predicted octanol–water partition coefficient (Wildman–Crippen LogP) is 12.1. The third-order valence-corrected chi connectivity index (χ3v) is 10.4. The van der Waals surface area contributed by atoms with E-state index in [0.29, 0.717) is 0 Å². The number of aliphatic imine (C=N–C) groups is 1. The Balaban J connectivity index is 1.20. The summed E-state index contributed by atoms with van der Waals surface area (Å²) in [5.74, 6) is 0. The first kappa shape index (κ1) is 27.3. The van der Waals surface area contributed by atoms with E-state index in [2.05, 4.69) is 174 Å². The predicted molar refractivity (Wildman–Crippen MR) is 208 cm³/mol. The largest absolute Gasteiger partial charge is 0.455 e. The Labute approximate surface area is 287 Å². The van der Waals surface area contributed by atoms with Crippen LogP contribution in [-0.4, -0.2) is 10.3 Å². The molecule has 1 aliphatic rings. The van der Waals surface area contributed by atoms with Crippen LogP contribution in [-0.2, 0) is 0 Å². The lowest BCUT2D eigenvalue weighted by Gasteiger charge is -2.28. The van der Waals surface area contributed by atoms with Gasteiger partial charge in [-0.1, -0.05) is 127 Å². The molecule has 11 rings (SSSR count). The third kappa shape index (κ3) is 3.90. The number of furan rings is 1. The SMILES string of the molecule is c1ccc(-c2cc3c(c4ccccc24)c2ccccc2n3C2N=C(c3cccc4c3oc3cc5ccccc5cc34)c3ccccc3N2)cc1. The van der Waals surface area contributed by atoms with Crippen molar-refractivity contribution >= 4 is 76.7 Å². The number of hydrogen-bond donors (Lipinski definition) is 1. The highest BCUT2D eigenvalue weighted by Crippen LogP contribution is 2.43. The maximum Gasteiger partial charge on any atom is 0.201 e. The van der Waals surface area contributed by atoms with Crippen LogP contribution in [0.1, 0.15) is 17.4 Å². The summed E-state index contributed by atoms with van der Waals surface area (Å²) in [7, 11) is 0. The Morgan fingerprint density at radius 1 is 0.500 bits per heavy atom. The average Bonchev–Trinajstić information content (AvgIpc) is 3.72. The van der Waals surface area contributed by atoms with E-state index in [9.17, 15) is 0 Å². The summed E-state index contributed by atoms with van der Waals surface area (Å²) in [6.07, 6.45) is -0.408. The smallest absolute Gasteiger partial charge is 0.201 e. The first-order valence-corrected chi connectivity index (χ1v) is 17.1. The van der Waals surface area contributed by atoms with Gasteiger partial charge in [0.15, 0.2) is 0 Å². The molecule has 10 aromatic rings. The molecule has 1 aliphatic heterocycles. The molecule has 4 heteroatoms. The summed E-state index contributed by atoms with van der Waals surface area (Å²) in [5, 5.41) is 13.3. The monoisotopic (exact) mass is 639 g/mol. The molecular formula is C46H29N3O. The number of fused-ring (bicyclic) bond motifs is 10. The minimum absolute atomic E-state index is 0.408. The average molecular weight is 640 g/mol. The van der Waals surface area contributed by atoms with Crippen molar-refractivity contribution in [3.05, 3.63) is 175 Å². The minimum atomic E-state index is -0.408. The first-order valence-electron chi connectivity index (χ1n) is 17.1. The second-order valence-electron chi connectivity index (χ2n) is 13.1. The van der Waals surface area contributed by atoms with Crippen LogP contribution in [0.2, 0.25) is 0 Å². The molecule has 0 bridgehead atoms. The van der Waals surface area contributed by atoms with Gasteiger partial charge in [-0.05, 0) is 69.1 Å². The molecule has 2 aromatic heterocycles. The molecule has 0 radical (unpaired) electrons. The molecule has 0 amide bonds. The van der Waals surface area contributed by atoms with Crippen LogP contribution in [0.4, 0.5) is 5.69 Å². The van der Waals surface area contributed by atoms with E-state index in [0.717, 1.165) is 55.5 Å². The zero-order chi connectivity index (χ0) is 32.8. The Bertz CT molecular complexity index is 3020. The second kappa shape index (κ2) is 10.4. The van der Waals surface area contributed by atoms with Crippen LogP contribution in [0.5, 0.6) is 0 Å². The van der Waals surface area contributed by atoms with Gasteiger partial charge in [-0.3, -0.25) is 0 Å². The van der Waals surface area contributed by atoms with Crippen molar-refractivity contribution in [1.82, 2.24) is 4.57 Å². The van der Waals surface area contributed by atoms with Gasteiger partial charge in [0.25, 0.3) is 0 Å². The number of nitrogens with one attached hydrogen (secondary N) is 1. The highest BCUT2D eigenvalue weighted by atomic mass is 16.3. The van der Waals surface area contributed by atoms with Crippen molar-refractivity contribution < 1.29 is 4.42 Å². The molecule has 0 aliphatic carbocycles. The van der Waals surface area contributed by atoms with Crippen molar-refractivity contribution in [3.63, 3.8) is 0 Å². The maximum absolute atomic E-state index is 6.73. The molecule has 3 heterocycles. The van der Waals surface area contributed by atoms with E-state index >= 15 is 0 Å². The Morgan fingerprint density at radius 2 is 1.18 bits per heavy atom. The highest BCUT2D eigenvalue weighted by Gasteiger charge is 2.28. The van der Waals surface area contributed by atoms with Gasteiger partial charge < -0.3 is 14.3 Å². The van der Waals surface area contributed by atoms with Crippen LogP contribution in [0.3, 0.4) is 0 Å². The summed E-state index contributed by atoms with van der Waals surface area (Å²) >= 11 is 0. The zero-order valence-corrected chi connectivity index (χ0v) is 27.0. The van der Waals surface area contributed by atoms with E-state index in [-0.39, 0.29) is 0 Å². The van der Waals surface area contributed by atoms with Gasteiger partial charge in [-0.15, -0.1) is 0 Å². The number of para-hydroxylation sites is 3. The molecule has 0 fully saturated rings. The molecule has 0 spiro atoms. The number of hydrogen-bond acceptors (Lipinski definition) is 3. The van der Waals surface area contributed by atoms with E-state index in [1.807, 2.05) is 0 Å². The van der Waals surface area contributed by atoms with Gasteiger partial charge in [0.05, 0.1) is 16.7 Å². The summed E-state index contributed by atoms with van der Waals surface area (Å²) in [5.41, 5.74) is 10.4. The molecule has 234 valence electrons. The van der Waals surface area contributed by atoms with E-state index < -0.39 is 6.29 Å². The van der Waals surface area contributed by atoms with Crippen LogP contribution >= 0.6 is 0 Å². The van der Waals surface area contributed by atoms with Crippen LogP contribution < -0.4 is 5.32 Å². The fourth-order valence-corrected chi connectivity index (χ4v) is 8.16. The highest BCUT2D eigenvalue weighted by molar-refractivity contribution is 6.26. The fourth-order valence-electron chi connectivity index (χ4n) is 8.16. The molecule has 4 nitrogen and oxygen atoms in total. The Hall–Kier alpha value is -6.65. The molecule has 1 N–H and O–H groups in total. The topological polar surface area (TPSA) is 42.5 Å². The van der Waals surface area contributed by atoms with Crippen LogP contribution in [0, 0.1) is 0 Å². The standard InChI is InChI=1S/C46H29N3O/c1-2-13-28(14-3-1)37-27-41-43(32-18-7-6-17-31(32)37)35-20-9-11-24-40(35)49(41)46-47-39-23-10-8-19-34(39)44(48-46)36-22-12-21-33-38-25-29-15-4-5-16-30(29)26-42(38)50-45(33)36/h1-27,46-47H. The van der Waals surface area contributed by atoms with Gasteiger partial charge >= 0.3 is 0 Å². The van der Waals surface area contributed by atoms with Crippen molar-refractivity contribution in [2.75, 3.05) is 5.32 Å². The lowest BCUT2D eigenvalue weighted by Crippen LogP contribution is -2.25. The molecule has 1 atom stereocenters. The van der Waals surface area contributed by atoms with Crippen LogP contribution in [0.15, 0.2) is 173 Å². The molecule has 8 aromatic carbocycles. The molecular weight excluding hydrogens is 611 g/mol. The van der Waals surface area contributed by atoms with Gasteiger partial charge in [0, 0.05) is 38.4 Å². The normalized spacial score (nSPS) is 14.5. The quantitative estimate of drug-likeness (QED) is 0.209. The first-order chi connectivity index (χ1) is 24.8. The van der Waals surface area contributed by atoms with Gasteiger partial charge in [-0.25, -0.2) is 4.99 Å². The molecule has 0 saturated heterocycles. The fraction of sp³-hybridized carbons (Fsp3) is 0.0217. The summed E-state index contributed by atoms with van der Waals surface area (Å²) in [6, 6.07) is 58.3. The van der Waals surface area contributed by atoms with Crippen molar-refractivity contribution in [2.24, 2.45) is 4.99 Å². The van der Waals surface area contributed by atoms with Gasteiger partial charge in [0.2, 0.25) is 6.29 Å². The second-order valence-corrected chi connectivity index (χ2v) is 13.1. The Kier molecular flexibility index (Phi) is 5.69. The van der Waals surface area contributed by atoms with Crippen molar-refractivity contribution in [3.8, 4) is 11.1 Å². The van der Waals surface area contributed by atoms with E-state index in [4.69, 9.17) is 9.41 Å². The molecule has 1 unspecified atom stereocenters. The van der Waals surface area contributed by atoms with Gasteiger partial charge in [-0.2, -0.15) is 0 Å². The zero-order valence-electron chi connectivity index (χ0n) is 27.0. The number of anilines is 1. The summed E-state index contributed by atoms with van der Waals surface area (Å²) < 4.78 is 9.11. The van der Waals surface area contributed by atoms with E-state index in [1.54, 1.807) is 0 Å². The minimum Gasteiger partial charge on any atom is -0.455 e. The molecule has 0 saturated carbocycles. The van der Waals surface area contributed by atoms with Gasteiger partial charge in [0.1, 0.15) is 11.2 Å². The third-order valence-electron chi connectivity index (χ3n) is 10.4. The summed E-state index contributed by atoms with van der Waals surface area (Å²) in [6.45, 7) is 0. The van der Waals surface area contributed by atoms with Crippen molar-refractivity contribution in [2.45, 2.75) is 6.29 Å². The van der Waals surface area contributed by atoms with Crippen LogP contribution in [0.25, 0.3) is 76.4 Å². The van der Waals surface area contributed by atoms with Crippen molar-refractivity contribution in [1.29, 1.82) is 0 Å². The van der Waals surface area contributed by atoms with E-state index in [1.165, 1.54) is 43.4 Å². The Morgan fingerprint density at radius 3 is 2.06 bits per heavy atom. The molecule has 50 heavy (non-hydrogen) atoms. The lowest BCUT2D eigenvalue weighted by atomic mass is 9.95. The lowest BCUT2D eigenvalue weighted by molar-refractivity contribution is 0.624.